The average molecular weight is 307 g/mol. The lowest BCUT2D eigenvalue weighted by Gasteiger charge is -2.07. The van der Waals surface area contributed by atoms with Crippen LogP contribution in [-0.2, 0) is 14.8 Å². The lowest BCUT2D eigenvalue weighted by molar-refractivity contribution is -0.137. The van der Waals surface area contributed by atoms with E-state index in [1.165, 1.54) is 0 Å². The number of carboxylic acid groups (broad SMARTS) is 1. The van der Waals surface area contributed by atoms with E-state index in [9.17, 15) is 13.2 Å². The minimum absolute atomic E-state index is 0.0533. The van der Waals surface area contributed by atoms with Gasteiger partial charge in [0.15, 0.2) is 0 Å². The molecule has 0 amide bonds. The van der Waals surface area contributed by atoms with Crippen molar-refractivity contribution in [2.75, 3.05) is 6.54 Å². The summed E-state index contributed by atoms with van der Waals surface area (Å²) in [5.74, 6) is -0.868. The first-order valence-corrected chi connectivity index (χ1v) is 8.17. The van der Waals surface area contributed by atoms with Gasteiger partial charge in [-0.15, -0.1) is 0 Å². The van der Waals surface area contributed by atoms with Gasteiger partial charge in [-0.2, -0.15) is 0 Å². The summed E-state index contributed by atoms with van der Waals surface area (Å²) in [6.07, 6.45) is 1.01. The molecule has 0 saturated heterocycles. The smallest absolute Gasteiger partial charge is 0.303 e. The molecule has 0 unspecified atom stereocenters. The van der Waals surface area contributed by atoms with Gasteiger partial charge in [0.2, 0.25) is 10.0 Å². The number of hydrogen-bond acceptors (Lipinski definition) is 3. The molecule has 112 valence electrons. The second-order valence-electron chi connectivity index (χ2n) is 4.76. The van der Waals surface area contributed by atoms with Gasteiger partial charge in [0, 0.05) is 13.0 Å². The number of carbonyl (C=O) groups is 1. The number of aliphatic carboxylic acids is 1. The summed E-state index contributed by atoms with van der Waals surface area (Å²) < 4.78 is 26.8. The third-order valence-electron chi connectivity index (χ3n) is 3.14. The van der Waals surface area contributed by atoms with Crippen LogP contribution in [-0.4, -0.2) is 26.0 Å². The molecule has 5 nitrogen and oxygen atoms in total. The van der Waals surface area contributed by atoms with Crippen LogP contribution < -0.4 is 4.72 Å². The monoisotopic (exact) mass is 307 g/mol. The number of unbranched alkanes of at least 4 members (excludes halogenated alkanes) is 1. The molecule has 2 rings (SSSR count). The first-order valence-electron chi connectivity index (χ1n) is 6.69. The van der Waals surface area contributed by atoms with Crippen molar-refractivity contribution in [3.8, 4) is 0 Å². The Kier molecular flexibility index (Phi) is 4.93. The van der Waals surface area contributed by atoms with Crippen molar-refractivity contribution < 1.29 is 18.3 Å². The zero-order valence-electron chi connectivity index (χ0n) is 11.5. The fourth-order valence-corrected chi connectivity index (χ4v) is 3.13. The highest BCUT2D eigenvalue weighted by Crippen LogP contribution is 2.18. The fraction of sp³-hybridized carbons (Fsp3) is 0.267. The zero-order valence-corrected chi connectivity index (χ0v) is 12.3. The van der Waals surface area contributed by atoms with E-state index in [0.717, 1.165) is 10.8 Å². The number of sulfonamides is 1. The van der Waals surface area contributed by atoms with Gasteiger partial charge in [-0.3, -0.25) is 4.79 Å². The van der Waals surface area contributed by atoms with Gasteiger partial charge >= 0.3 is 5.97 Å². The van der Waals surface area contributed by atoms with Crippen LogP contribution in [0.1, 0.15) is 19.3 Å². The average Bonchev–Trinajstić information content (AvgIpc) is 2.46. The summed E-state index contributed by atoms with van der Waals surface area (Å²) in [5, 5.41) is 10.4. The van der Waals surface area contributed by atoms with E-state index < -0.39 is 16.0 Å². The molecule has 0 aliphatic carbocycles. The Morgan fingerprint density at radius 1 is 1.05 bits per heavy atom. The van der Waals surface area contributed by atoms with Crippen molar-refractivity contribution in [3.63, 3.8) is 0 Å². The number of nitrogens with one attached hydrogen (secondary N) is 1. The molecular weight excluding hydrogens is 290 g/mol. The van der Waals surface area contributed by atoms with Crippen LogP contribution in [0.25, 0.3) is 10.8 Å². The Hall–Kier alpha value is -1.92. The molecule has 0 heterocycles. The summed E-state index contributed by atoms with van der Waals surface area (Å²) in [5.41, 5.74) is 0. The van der Waals surface area contributed by atoms with Crippen LogP contribution in [0.2, 0.25) is 0 Å². The molecule has 2 aromatic rings. The Morgan fingerprint density at radius 3 is 2.48 bits per heavy atom. The topological polar surface area (TPSA) is 83.5 Å². The lowest BCUT2D eigenvalue weighted by atomic mass is 10.1. The molecule has 0 fully saturated rings. The van der Waals surface area contributed by atoms with Crippen molar-refractivity contribution in [1.29, 1.82) is 0 Å². The van der Waals surface area contributed by atoms with Gasteiger partial charge in [0.05, 0.1) is 4.90 Å². The molecule has 6 heteroatoms. The van der Waals surface area contributed by atoms with Crippen LogP contribution in [0.4, 0.5) is 0 Å². The van der Waals surface area contributed by atoms with Gasteiger partial charge in [0.25, 0.3) is 0 Å². The SMILES string of the molecule is O=C(O)CCCCNS(=O)(=O)c1ccc2ccccc2c1. The van der Waals surface area contributed by atoms with Gasteiger partial charge in [-0.05, 0) is 35.7 Å². The second-order valence-corrected chi connectivity index (χ2v) is 6.52. The molecule has 0 radical (unpaired) electrons. The quantitative estimate of drug-likeness (QED) is 0.769. The molecule has 0 aliphatic heterocycles. The van der Waals surface area contributed by atoms with Crippen molar-refractivity contribution in [2.45, 2.75) is 24.2 Å². The summed E-state index contributed by atoms with van der Waals surface area (Å²) in [6, 6.07) is 12.5. The van der Waals surface area contributed by atoms with E-state index in [-0.39, 0.29) is 17.9 Å². The highest BCUT2D eigenvalue weighted by atomic mass is 32.2. The molecule has 0 aliphatic rings. The van der Waals surface area contributed by atoms with Crippen LogP contribution in [0.3, 0.4) is 0 Å². The maximum atomic E-state index is 12.1. The van der Waals surface area contributed by atoms with Crippen molar-refractivity contribution in [1.82, 2.24) is 4.72 Å². The normalized spacial score (nSPS) is 11.6. The molecule has 21 heavy (non-hydrogen) atoms. The number of carboxylic acids is 1. The van der Waals surface area contributed by atoms with Crippen molar-refractivity contribution >= 4 is 26.8 Å². The number of hydrogen-bond donors (Lipinski definition) is 2. The Morgan fingerprint density at radius 2 is 1.76 bits per heavy atom. The standard InChI is InChI=1S/C15H17NO4S/c17-15(18)7-3-4-10-16-21(19,20)14-9-8-12-5-1-2-6-13(12)11-14/h1-2,5-6,8-9,11,16H,3-4,7,10H2,(H,17,18). The predicted octanol–water partition coefficient (Wildman–Crippen LogP) is 2.37. The second kappa shape index (κ2) is 6.69. The molecule has 0 bridgehead atoms. The van der Waals surface area contributed by atoms with Gasteiger partial charge in [-0.25, -0.2) is 13.1 Å². The summed E-state index contributed by atoms with van der Waals surface area (Å²) in [7, 11) is -3.55. The number of rotatable bonds is 7. The fourth-order valence-electron chi connectivity index (χ4n) is 2.03. The predicted molar refractivity (Wildman–Crippen MR) is 80.6 cm³/mol. The Bertz CT molecular complexity index is 740. The van der Waals surface area contributed by atoms with Crippen molar-refractivity contribution in [2.24, 2.45) is 0 Å². The van der Waals surface area contributed by atoms with Crippen molar-refractivity contribution in [3.05, 3.63) is 42.5 Å². The summed E-state index contributed by atoms with van der Waals surface area (Å²) >= 11 is 0. The van der Waals surface area contributed by atoms with Crippen LogP contribution in [0.5, 0.6) is 0 Å². The zero-order chi connectivity index (χ0) is 15.3. The maximum absolute atomic E-state index is 12.1. The Balaban J connectivity index is 2.02. The van der Waals surface area contributed by atoms with Crippen LogP contribution in [0, 0.1) is 0 Å². The van der Waals surface area contributed by atoms with E-state index >= 15 is 0 Å². The summed E-state index contributed by atoms with van der Waals surface area (Å²) in [6.45, 7) is 0.239. The van der Waals surface area contributed by atoms with E-state index in [4.69, 9.17) is 5.11 Å². The van der Waals surface area contributed by atoms with Gasteiger partial charge in [-0.1, -0.05) is 30.3 Å². The molecule has 0 saturated carbocycles. The lowest BCUT2D eigenvalue weighted by Crippen LogP contribution is -2.24. The first-order chi connectivity index (χ1) is 9.99. The highest BCUT2D eigenvalue weighted by Gasteiger charge is 2.13. The van der Waals surface area contributed by atoms with E-state index in [1.54, 1.807) is 18.2 Å². The molecule has 0 atom stereocenters. The Labute approximate surface area is 123 Å². The number of fused-ring (bicyclic) bond motifs is 1. The molecule has 2 aromatic carbocycles. The van der Waals surface area contributed by atoms with E-state index in [2.05, 4.69) is 4.72 Å². The number of benzene rings is 2. The van der Waals surface area contributed by atoms with Gasteiger partial charge in [0.1, 0.15) is 0 Å². The first kappa shape index (κ1) is 15.5. The highest BCUT2D eigenvalue weighted by molar-refractivity contribution is 7.89. The van der Waals surface area contributed by atoms with E-state index in [0.29, 0.717) is 12.8 Å². The third-order valence-corrected chi connectivity index (χ3v) is 4.60. The maximum Gasteiger partial charge on any atom is 0.303 e. The van der Waals surface area contributed by atoms with Crippen LogP contribution in [0.15, 0.2) is 47.4 Å². The third kappa shape index (κ3) is 4.27. The summed E-state index contributed by atoms with van der Waals surface area (Å²) in [4.78, 5) is 10.6. The molecule has 0 aromatic heterocycles. The largest absolute Gasteiger partial charge is 0.481 e. The van der Waals surface area contributed by atoms with Gasteiger partial charge < -0.3 is 5.11 Å². The minimum Gasteiger partial charge on any atom is -0.481 e. The minimum atomic E-state index is -3.55. The van der Waals surface area contributed by atoms with Crippen LogP contribution >= 0.6 is 0 Å². The molecule has 2 N–H and O–H groups in total. The molecule has 0 spiro atoms. The molecular formula is C15H17NO4S. The van der Waals surface area contributed by atoms with E-state index in [1.807, 2.05) is 24.3 Å².